The predicted molar refractivity (Wildman–Crippen MR) is 90.6 cm³/mol. The van der Waals surface area contributed by atoms with Gasteiger partial charge in [-0.1, -0.05) is 18.2 Å². The number of aromatic nitrogens is 1. The first kappa shape index (κ1) is 15.5. The lowest BCUT2D eigenvalue weighted by molar-refractivity contribution is 0.173. The van der Waals surface area contributed by atoms with Crippen LogP contribution in [0.3, 0.4) is 0 Å². The largest absolute Gasteiger partial charge is 0.494 e. The zero-order chi connectivity index (χ0) is 15.2. The quantitative estimate of drug-likeness (QED) is 0.889. The van der Waals surface area contributed by atoms with Gasteiger partial charge in [0.1, 0.15) is 5.75 Å². The summed E-state index contributed by atoms with van der Waals surface area (Å²) < 4.78 is 5.80. The van der Waals surface area contributed by atoms with E-state index in [1.54, 1.807) is 11.3 Å². The second kappa shape index (κ2) is 7.72. The van der Waals surface area contributed by atoms with E-state index in [-0.39, 0.29) is 0 Å². The third kappa shape index (κ3) is 3.66. The van der Waals surface area contributed by atoms with E-state index in [4.69, 9.17) is 4.74 Å². The molecule has 1 N–H and O–H groups in total. The molecule has 1 unspecified atom stereocenters. The highest BCUT2D eigenvalue weighted by atomic mass is 32.1. The summed E-state index contributed by atoms with van der Waals surface area (Å²) in [6.45, 7) is 7.02. The van der Waals surface area contributed by atoms with Crippen molar-refractivity contribution in [2.24, 2.45) is 0 Å². The number of nitrogens with zero attached hydrogens (tertiary/aromatic N) is 2. The summed E-state index contributed by atoms with van der Waals surface area (Å²) in [5, 5.41) is 3.43. The molecule has 1 saturated heterocycles. The Hall–Kier alpha value is -1.43. The highest BCUT2D eigenvalue weighted by Crippen LogP contribution is 2.31. The summed E-state index contributed by atoms with van der Waals surface area (Å²) in [6.07, 6.45) is 2.99. The molecule has 0 saturated carbocycles. The molecule has 0 spiro atoms. The average molecular weight is 317 g/mol. The van der Waals surface area contributed by atoms with Gasteiger partial charge in [-0.15, -0.1) is 11.3 Å². The van der Waals surface area contributed by atoms with Crippen LogP contribution in [0.4, 0.5) is 0 Å². The minimum absolute atomic E-state index is 0.385. The number of nitrogens with one attached hydrogen (secondary N) is 1. The molecule has 1 atom stereocenters. The molecular weight excluding hydrogens is 294 g/mol. The second-order valence-corrected chi connectivity index (χ2v) is 6.37. The number of para-hydroxylation sites is 1. The number of hydrogen-bond acceptors (Lipinski definition) is 5. The van der Waals surface area contributed by atoms with E-state index in [2.05, 4.69) is 33.4 Å². The lowest BCUT2D eigenvalue weighted by atomic mass is 10.0. The molecule has 1 aliphatic heterocycles. The van der Waals surface area contributed by atoms with Crippen LogP contribution in [-0.2, 0) is 6.42 Å². The monoisotopic (exact) mass is 317 g/mol. The Morgan fingerprint density at radius 3 is 2.86 bits per heavy atom. The Balaban J connectivity index is 1.83. The summed E-state index contributed by atoms with van der Waals surface area (Å²) in [5.41, 5.74) is 3.21. The van der Waals surface area contributed by atoms with Crippen molar-refractivity contribution in [1.82, 2.24) is 15.2 Å². The first-order chi connectivity index (χ1) is 10.9. The first-order valence-electron chi connectivity index (χ1n) is 7.92. The van der Waals surface area contributed by atoms with Crippen molar-refractivity contribution in [3.05, 3.63) is 46.4 Å². The summed E-state index contributed by atoms with van der Waals surface area (Å²) in [4.78, 5) is 8.19. The van der Waals surface area contributed by atoms with Crippen molar-refractivity contribution in [3.8, 4) is 5.75 Å². The highest BCUT2D eigenvalue weighted by Gasteiger charge is 2.24. The van der Waals surface area contributed by atoms with E-state index in [9.17, 15) is 0 Å². The molecule has 22 heavy (non-hydrogen) atoms. The Labute approximate surface area is 136 Å². The molecule has 118 valence electrons. The van der Waals surface area contributed by atoms with Crippen molar-refractivity contribution in [2.75, 3.05) is 32.8 Å². The number of ether oxygens (including phenoxy) is 1. The minimum Gasteiger partial charge on any atom is -0.494 e. The maximum absolute atomic E-state index is 5.80. The Bertz CT molecular complexity index is 567. The maximum Gasteiger partial charge on any atom is 0.122 e. The standard InChI is InChI=1S/C17H23N3OS/c1-2-21-16-6-4-3-5-14(16)11-15(17-12-19-13-22-17)20-9-7-18-8-10-20/h3-6,12-13,15,18H,2,7-11H2,1H3. The third-order valence-corrected chi connectivity index (χ3v) is 4.93. The van der Waals surface area contributed by atoms with E-state index < -0.39 is 0 Å². The molecule has 5 heteroatoms. The van der Waals surface area contributed by atoms with Gasteiger partial charge in [-0.05, 0) is 25.0 Å². The van der Waals surface area contributed by atoms with Crippen LogP contribution in [0.5, 0.6) is 5.75 Å². The molecule has 0 aliphatic carbocycles. The molecule has 0 radical (unpaired) electrons. The lowest BCUT2D eigenvalue weighted by Crippen LogP contribution is -2.45. The predicted octanol–water partition coefficient (Wildman–Crippen LogP) is 2.73. The van der Waals surface area contributed by atoms with Crippen LogP contribution in [0.2, 0.25) is 0 Å². The van der Waals surface area contributed by atoms with Crippen LogP contribution in [0.25, 0.3) is 0 Å². The molecule has 1 fully saturated rings. The Morgan fingerprint density at radius 2 is 2.14 bits per heavy atom. The SMILES string of the molecule is CCOc1ccccc1CC(c1cncs1)N1CCNCC1. The zero-order valence-electron chi connectivity index (χ0n) is 13.0. The van der Waals surface area contributed by atoms with Gasteiger partial charge in [0, 0.05) is 43.3 Å². The second-order valence-electron chi connectivity index (χ2n) is 5.45. The fraction of sp³-hybridized carbons (Fsp3) is 0.471. The summed E-state index contributed by atoms with van der Waals surface area (Å²) >= 11 is 1.75. The first-order valence-corrected chi connectivity index (χ1v) is 8.80. The number of rotatable bonds is 6. The number of benzene rings is 1. The van der Waals surface area contributed by atoms with Gasteiger partial charge in [0.15, 0.2) is 0 Å². The number of hydrogen-bond donors (Lipinski definition) is 1. The van der Waals surface area contributed by atoms with E-state index in [0.717, 1.165) is 38.3 Å². The summed E-state index contributed by atoms with van der Waals surface area (Å²) in [6, 6.07) is 8.78. The van der Waals surface area contributed by atoms with Gasteiger partial charge in [0.2, 0.25) is 0 Å². The minimum atomic E-state index is 0.385. The number of piperazine rings is 1. The van der Waals surface area contributed by atoms with Crippen LogP contribution in [0.15, 0.2) is 36.0 Å². The third-order valence-electron chi connectivity index (χ3n) is 4.06. The van der Waals surface area contributed by atoms with Gasteiger partial charge < -0.3 is 10.1 Å². The molecule has 2 heterocycles. The van der Waals surface area contributed by atoms with E-state index in [1.165, 1.54) is 10.4 Å². The van der Waals surface area contributed by atoms with Crippen LogP contribution in [0, 0.1) is 0 Å². The Kier molecular flexibility index (Phi) is 5.43. The lowest BCUT2D eigenvalue weighted by Gasteiger charge is -2.34. The van der Waals surface area contributed by atoms with Crippen LogP contribution in [-0.4, -0.2) is 42.7 Å². The molecule has 1 aliphatic rings. The van der Waals surface area contributed by atoms with Gasteiger partial charge in [-0.2, -0.15) is 0 Å². The van der Waals surface area contributed by atoms with Crippen LogP contribution >= 0.6 is 11.3 Å². The van der Waals surface area contributed by atoms with Gasteiger partial charge in [-0.3, -0.25) is 9.88 Å². The van der Waals surface area contributed by atoms with Gasteiger partial charge >= 0.3 is 0 Å². The smallest absolute Gasteiger partial charge is 0.122 e. The van der Waals surface area contributed by atoms with Gasteiger partial charge in [0.05, 0.1) is 12.1 Å². The van der Waals surface area contributed by atoms with E-state index in [1.807, 2.05) is 24.7 Å². The molecular formula is C17H23N3OS. The molecule has 0 bridgehead atoms. The Morgan fingerprint density at radius 1 is 1.32 bits per heavy atom. The molecule has 4 nitrogen and oxygen atoms in total. The van der Waals surface area contributed by atoms with Crippen molar-refractivity contribution in [1.29, 1.82) is 0 Å². The fourth-order valence-electron chi connectivity index (χ4n) is 2.97. The maximum atomic E-state index is 5.80. The summed E-state index contributed by atoms with van der Waals surface area (Å²) in [7, 11) is 0. The average Bonchev–Trinajstić information content (AvgIpc) is 3.09. The van der Waals surface area contributed by atoms with Gasteiger partial charge in [0.25, 0.3) is 0 Å². The molecule has 0 amide bonds. The van der Waals surface area contributed by atoms with Crippen LogP contribution < -0.4 is 10.1 Å². The highest BCUT2D eigenvalue weighted by molar-refractivity contribution is 7.09. The molecule has 2 aromatic rings. The molecule has 1 aromatic carbocycles. The molecule has 1 aromatic heterocycles. The van der Waals surface area contributed by atoms with Gasteiger partial charge in [-0.25, -0.2) is 0 Å². The van der Waals surface area contributed by atoms with Crippen molar-refractivity contribution < 1.29 is 4.74 Å². The fourth-order valence-corrected chi connectivity index (χ4v) is 3.73. The molecule has 3 rings (SSSR count). The van der Waals surface area contributed by atoms with Crippen molar-refractivity contribution in [3.63, 3.8) is 0 Å². The van der Waals surface area contributed by atoms with Crippen molar-refractivity contribution >= 4 is 11.3 Å². The zero-order valence-corrected chi connectivity index (χ0v) is 13.8. The topological polar surface area (TPSA) is 37.4 Å². The van der Waals surface area contributed by atoms with E-state index in [0.29, 0.717) is 12.6 Å². The summed E-state index contributed by atoms with van der Waals surface area (Å²) in [5.74, 6) is 1.01. The van der Waals surface area contributed by atoms with Crippen molar-refractivity contribution in [2.45, 2.75) is 19.4 Å². The normalized spacial score (nSPS) is 17.3. The van der Waals surface area contributed by atoms with E-state index >= 15 is 0 Å². The van der Waals surface area contributed by atoms with Crippen LogP contribution in [0.1, 0.15) is 23.4 Å². The number of thiazole rings is 1.